The first-order valence-electron chi connectivity index (χ1n) is 7.36. The lowest BCUT2D eigenvalue weighted by Gasteiger charge is -2.08. The zero-order chi connectivity index (χ0) is 18.6. The standard InChI is InChI=1S/C17H15IN2O5/c1-3-25-17(22)12-6-11(7-14(8-12)20(23)24)16(21)19-13-5-4-10(2)15(18)9-13/h4-9H,3H2,1-2H3,(H,19,21). The molecule has 2 rings (SSSR count). The average Bonchev–Trinajstić information content (AvgIpc) is 2.58. The van der Waals surface area contributed by atoms with Crippen molar-refractivity contribution in [2.75, 3.05) is 11.9 Å². The number of nitrogens with one attached hydrogen (secondary N) is 1. The molecule has 1 amide bonds. The van der Waals surface area contributed by atoms with E-state index in [1.807, 2.05) is 13.0 Å². The number of nitro benzene ring substituents is 1. The molecular weight excluding hydrogens is 439 g/mol. The van der Waals surface area contributed by atoms with Gasteiger partial charge in [0.25, 0.3) is 11.6 Å². The molecule has 0 aromatic heterocycles. The van der Waals surface area contributed by atoms with Gasteiger partial charge in [-0.3, -0.25) is 14.9 Å². The van der Waals surface area contributed by atoms with Crippen molar-refractivity contribution in [3.8, 4) is 0 Å². The predicted molar refractivity (Wildman–Crippen MR) is 101 cm³/mol. The minimum absolute atomic E-state index is 0.00726. The van der Waals surface area contributed by atoms with Crippen LogP contribution in [-0.4, -0.2) is 23.4 Å². The number of hydrogen-bond acceptors (Lipinski definition) is 5. The van der Waals surface area contributed by atoms with E-state index in [1.54, 1.807) is 19.1 Å². The number of hydrogen-bond donors (Lipinski definition) is 1. The lowest BCUT2D eigenvalue weighted by Crippen LogP contribution is -2.14. The van der Waals surface area contributed by atoms with Gasteiger partial charge in [0, 0.05) is 27.0 Å². The summed E-state index contributed by atoms with van der Waals surface area (Å²) in [6.45, 7) is 3.70. The van der Waals surface area contributed by atoms with E-state index in [0.29, 0.717) is 5.69 Å². The number of carbonyl (C=O) groups excluding carboxylic acids is 2. The first-order chi connectivity index (χ1) is 11.8. The van der Waals surface area contributed by atoms with E-state index >= 15 is 0 Å². The second kappa shape index (κ2) is 8.06. The number of amides is 1. The van der Waals surface area contributed by atoms with Crippen molar-refractivity contribution in [1.29, 1.82) is 0 Å². The summed E-state index contributed by atoms with van der Waals surface area (Å²) in [5.41, 5.74) is 1.24. The van der Waals surface area contributed by atoms with Gasteiger partial charge in [0.1, 0.15) is 0 Å². The van der Waals surface area contributed by atoms with Crippen LogP contribution in [0.5, 0.6) is 0 Å². The maximum absolute atomic E-state index is 12.4. The topological polar surface area (TPSA) is 98.5 Å². The van der Waals surface area contributed by atoms with Crippen LogP contribution in [0.25, 0.3) is 0 Å². The summed E-state index contributed by atoms with van der Waals surface area (Å²) in [5, 5.41) is 13.7. The molecule has 0 aliphatic heterocycles. The minimum Gasteiger partial charge on any atom is -0.462 e. The third-order valence-electron chi connectivity index (χ3n) is 3.33. The molecule has 0 unspecified atom stereocenters. The van der Waals surface area contributed by atoms with Crippen molar-refractivity contribution in [2.45, 2.75) is 13.8 Å². The van der Waals surface area contributed by atoms with Gasteiger partial charge in [0.05, 0.1) is 17.1 Å². The van der Waals surface area contributed by atoms with E-state index in [4.69, 9.17) is 4.74 Å². The van der Waals surface area contributed by atoms with E-state index in [2.05, 4.69) is 27.9 Å². The van der Waals surface area contributed by atoms with E-state index in [1.165, 1.54) is 6.07 Å². The van der Waals surface area contributed by atoms with Crippen LogP contribution >= 0.6 is 22.6 Å². The van der Waals surface area contributed by atoms with Gasteiger partial charge in [-0.15, -0.1) is 0 Å². The minimum atomic E-state index is -0.717. The van der Waals surface area contributed by atoms with Crippen molar-refractivity contribution in [1.82, 2.24) is 0 Å². The third-order valence-corrected chi connectivity index (χ3v) is 4.49. The molecule has 2 aromatic carbocycles. The Hall–Kier alpha value is -2.49. The van der Waals surface area contributed by atoms with Gasteiger partial charge in [-0.25, -0.2) is 4.79 Å². The van der Waals surface area contributed by atoms with Gasteiger partial charge in [0.15, 0.2) is 0 Å². The van der Waals surface area contributed by atoms with Crippen LogP contribution in [-0.2, 0) is 4.74 Å². The quantitative estimate of drug-likeness (QED) is 0.320. The number of carbonyl (C=O) groups is 2. The second-order valence-electron chi connectivity index (χ2n) is 5.16. The van der Waals surface area contributed by atoms with Crippen LogP contribution in [0.2, 0.25) is 0 Å². The highest BCUT2D eigenvalue weighted by Gasteiger charge is 2.19. The molecule has 0 aliphatic rings. The van der Waals surface area contributed by atoms with Crippen LogP contribution in [0.1, 0.15) is 33.2 Å². The number of anilines is 1. The fourth-order valence-electron chi connectivity index (χ4n) is 2.05. The average molecular weight is 454 g/mol. The number of esters is 1. The maximum Gasteiger partial charge on any atom is 0.338 e. The fraction of sp³-hybridized carbons (Fsp3) is 0.176. The van der Waals surface area contributed by atoms with Gasteiger partial charge in [-0.05, 0) is 60.2 Å². The Morgan fingerprint density at radius 1 is 1.20 bits per heavy atom. The number of nitrogens with zero attached hydrogens (tertiary/aromatic N) is 1. The molecule has 0 aliphatic carbocycles. The molecule has 2 aromatic rings. The fourth-order valence-corrected chi connectivity index (χ4v) is 2.57. The van der Waals surface area contributed by atoms with Crippen LogP contribution in [0.15, 0.2) is 36.4 Å². The molecule has 130 valence electrons. The summed E-state index contributed by atoms with van der Waals surface area (Å²) in [6.07, 6.45) is 0. The molecule has 0 radical (unpaired) electrons. The van der Waals surface area contributed by atoms with Gasteiger partial charge in [-0.1, -0.05) is 6.07 Å². The van der Waals surface area contributed by atoms with Crippen molar-refractivity contribution in [3.05, 3.63) is 66.8 Å². The van der Waals surface area contributed by atoms with Crippen molar-refractivity contribution in [2.24, 2.45) is 0 Å². The smallest absolute Gasteiger partial charge is 0.338 e. The molecule has 0 fully saturated rings. The summed E-state index contributed by atoms with van der Waals surface area (Å²) in [4.78, 5) is 34.7. The number of rotatable bonds is 5. The predicted octanol–water partition coefficient (Wildman–Crippen LogP) is 3.94. The van der Waals surface area contributed by atoms with Crippen molar-refractivity contribution < 1.29 is 19.2 Å². The van der Waals surface area contributed by atoms with Crippen LogP contribution in [0.4, 0.5) is 11.4 Å². The first-order valence-corrected chi connectivity index (χ1v) is 8.43. The normalized spacial score (nSPS) is 10.2. The summed E-state index contributed by atoms with van der Waals surface area (Å²) in [5.74, 6) is -1.26. The molecule has 1 N–H and O–H groups in total. The van der Waals surface area contributed by atoms with E-state index in [0.717, 1.165) is 21.3 Å². The van der Waals surface area contributed by atoms with Gasteiger partial charge < -0.3 is 10.1 Å². The van der Waals surface area contributed by atoms with Crippen LogP contribution in [0.3, 0.4) is 0 Å². The van der Waals surface area contributed by atoms with E-state index in [9.17, 15) is 19.7 Å². The molecule has 0 bridgehead atoms. The third kappa shape index (κ3) is 4.75. The lowest BCUT2D eigenvalue weighted by atomic mass is 10.1. The van der Waals surface area contributed by atoms with Crippen molar-refractivity contribution in [3.63, 3.8) is 0 Å². The summed E-state index contributed by atoms with van der Waals surface area (Å²) in [6, 6.07) is 8.87. The Balaban J connectivity index is 2.35. The Bertz CT molecular complexity index is 851. The highest BCUT2D eigenvalue weighted by atomic mass is 127. The summed E-state index contributed by atoms with van der Waals surface area (Å²) in [7, 11) is 0. The molecule has 8 heteroatoms. The number of aryl methyl sites for hydroxylation is 1. The SMILES string of the molecule is CCOC(=O)c1cc(C(=O)Nc2ccc(C)c(I)c2)cc([N+](=O)[O-])c1. The van der Waals surface area contributed by atoms with E-state index < -0.39 is 16.8 Å². The zero-order valence-electron chi connectivity index (χ0n) is 13.5. The second-order valence-corrected chi connectivity index (χ2v) is 6.33. The van der Waals surface area contributed by atoms with Gasteiger partial charge in [-0.2, -0.15) is 0 Å². The van der Waals surface area contributed by atoms with Gasteiger partial charge >= 0.3 is 5.97 Å². The van der Waals surface area contributed by atoms with Crippen LogP contribution < -0.4 is 5.32 Å². The zero-order valence-corrected chi connectivity index (χ0v) is 15.7. The first kappa shape index (κ1) is 18.8. The molecule has 25 heavy (non-hydrogen) atoms. The number of halogens is 1. The Morgan fingerprint density at radius 3 is 2.48 bits per heavy atom. The monoisotopic (exact) mass is 454 g/mol. The van der Waals surface area contributed by atoms with Gasteiger partial charge in [0.2, 0.25) is 0 Å². The van der Waals surface area contributed by atoms with Crippen molar-refractivity contribution >= 4 is 45.8 Å². The molecule has 0 heterocycles. The number of non-ortho nitro benzene ring substituents is 1. The molecular formula is C17H15IN2O5. The maximum atomic E-state index is 12.4. The van der Waals surface area contributed by atoms with Crippen LogP contribution in [0, 0.1) is 20.6 Å². The lowest BCUT2D eigenvalue weighted by molar-refractivity contribution is -0.384. The summed E-state index contributed by atoms with van der Waals surface area (Å²) < 4.78 is 5.82. The summed E-state index contributed by atoms with van der Waals surface area (Å²) >= 11 is 2.15. The largest absolute Gasteiger partial charge is 0.462 e. The van der Waals surface area contributed by atoms with E-state index in [-0.39, 0.29) is 23.4 Å². The molecule has 7 nitrogen and oxygen atoms in total. The number of ether oxygens (including phenoxy) is 1. The molecule has 0 spiro atoms. The Kier molecular flexibility index (Phi) is 6.07. The highest BCUT2D eigenvalue weighted by molar-refractivity contribution is 14.1. The number of benzene rings is 2. The molecule has 0 saturated heterocycles. The highest BCUT2D eigenvalue weighted by Crippen LogP contribution is 2.21. The molecule has 0 atom stereocenters. The molecule has 0 saturated carbocycles. The Morgan fingerprint density at radius 2 is 1.88 bits per heavy atom. The number of nitro groups is 1. The Labute approximate surface area is 157 Å².